The van der Waals surface area contributed by atoms with Crippen LogP contribution in [0.15, 0.2) is 47.6 Å². The predicted octanol–water partition coefficient (Wildman–Crippen LogP) is 2.30. The average molecular weight is 346 g/mol. The number of rotatable bonds is 7. The number of nitro benzene ring substituents is 1. The Morgan fingerprint density at radius 2 is 2.12 bits per heavy atom. The number of nitro groups is 1. The molecule has 0 aliphatic carbocycles. The molecule has 8 nitrogen and oxygen atoms in total. The van der Waals surface area contributed by atoms with Crippen molar-refractivity contribution in [1.82, 2.24) is 5.43 Å². The Kier molecular flexibility index (Phi) is 5.99. The van der Waals surface area contributed by atoms with Crippen LogP contribution in [0.4, 0.5) is 15.8 Å². The molecular weight excluding hydrogens is 331 g/mol. The molecule has 130 valence electrons. The van der Waals surface area contributed by atoms with Crippen LogP contribution in [-0.2, 0) is 4.79 Å². The number of para-hydroxylation sites is 1. The van der Waals surface area contributed by atoms with Gasteiger partial charge in [0.15, 0.2) is 18.2 Å². The third-order valence-electron chi connectivity index (χ3n) is 3.09. The zero-order valence-electron chi connectivity index (χ0n) is 13.2. The smallest absolute Gasteiger partial charge is 0.292 e. The minimum Gasteiger partial charge on any atom is -0.481 e. The Labute approximate surface area is 142 Å². The van der Waals surface area contributed by atoms with Crippen LogP contribution in [-0.4, -0.2) is 30.7 Å². The lowest BCUT2D eigenvalue weighted by Crippen LogP contribution is -2.24. The first-order chi connectivity index (χ1) is 12.0. The first kappa shape index (κ1) is 17.9. The molecule has 2 N–H and O–H groups in total. The predicted molar refractivity (Wildman–Crippen MR) is 90.3 cm³/mol. The van der Waals surface area contributed by atoms with Crippen LogP contribution in [0.5, 0.6) is 5.75 Å². The molecule has 0 unspecified atom stereocenters. The highest BCUT2D eigenvalue weighted by Gasteiger charge is 2.12. The van der Waals surface area contributed by atoms with Gasteiger partial charge >= 0.3 is 0 Å². The van der Waals surface area contributed by atoms with Crippen molar-refractivity contribution in [3.8, 4) is 5.75 Å². The molecule has 0 fully saturated rings. The number of halogens is 1. The van der Waals surface area contributed by atoms with Gasteiger partial charge in [0.05, 0.1) is 11.1 Å². The maximum atomic E-state index is 13.3. The molecule has 0 aromatic heterocycles. The zero-order chi connectivity index (χ0) is 18.2. The number of hydrazone groups is 1. The fraction of sp³-hybridized carbons (Fsp3) is 0.125. The van der Waals surface area contributed by atoms with E-state index >= 15 is 0 Å². The lowest BCUT2D eigenvalue weighted by atomic mass is 10.2. The number of anilines is 1. The number of amides is 1. The van der Waals surface area contributed by atoms with Crippen LogP contribution in [0.25, 0.3) is 0 Å². The summed E-state index contributed by atoms with van der Waals surface area (Å²) >= 11 is 0. The van der Waals surface area contributed by atoms with Gasteiger partial charge in [0, 0.05) is 18.7 Å². The van der Waals surface area contributed by atoms with Gasteiger partial charge in [-0.1, -0.05) is 18.2 Å². The number of ether oxygens (including phenoxy) is 1. The van der Waals surface area contributed by atoms with Crippen molar-refractivity contribution in [1.29, 1.82) is 0 Å². The number of nitrogens with zero attached hydrogens (tertiary/aromatic N) is 2. The van der Waals surface area contributed by atoms with Crippen molar-refractivity contribution in [2.75, 3.05) is 19.0 Å². The maximum Gasteiger partial charge on any atom is 0.292 e. The molecule has 0 bridgehead atoms. The summed E-state index contributed by atoms with van der Waals surface area (Å²) in [6, 6.07) is 10.1. The Bertz CT molecular complexity index is 810. The van der Waals surface area contributed by atoms with Crippen LogP contribution in [0.2, 0.25) is 0 Å². The van der Waals surface area contributed by atoms with Gasteiger partial charge in [0.25, 0.3) is 11.6 Å². The number of carbonyl (C=O) groups excluding carboxylic acids is 1. The van der Waals surface area contributed by atoms with Gasteiger partial charge in [-0.05, 0) is 18.2 Å². The highest BCUT2D eigenvalue weighted by Crippen LogP contribution is 2.24. The zero-order valence-corrected chi connectivity index (χ0v) is 13.2. The summed E-state index contributed by atoms with van der Waals surface area (Å²) in [5.74, 6) is -1.21. The van der Waals surface area contributed by atoms with E-state index in [1.165, 1.54) is 36.5 Å². The van der Waals surface area contributed by atoms with Crippen molar-refractivity contribution in [3.63, 3.8) is 0 Å². The molecule has 0 heterocycles. The Hall–Kier alpha value is -3.49. The molecule has 0 aliphatic rings. The van der Waals surface area contributed by atoms with E-state index in [-0.39, 0.29) is 11.4 Å². The largest absolute Gasteiger partial charge is 0.481 e. The van der Waals surface area contributed by atoms with Gasteiger partial charge in [0.2, 0.25) is 0 Å². The van der Waals surface area contributed by atoms with Gasteiger partial charge in [-0.15, -0.1) is 0 Å². The summed E-state index contributed by atoms with van der Waals surface area (Å²) < 4.78 is 18.4. The van der Waals surface area contributed by atoms with Gasteiger partial charge in [-0.3, -0.25) is 14.9 Å². The standard InChI is InChI=1S/C16H15FN4O4/c1-18-13-7-6-11(8-14(13)21(23)24)9-19-20-16(22)10-25-15-5-3-2-4-12(15)17/h2-9,18H,10H2,1H3,(H,20,22)/b19-9-. The fourth-order valence-electron chi connectivity index (χ4n) is 1.91. The SMILES string of the molecule is CNc1ccc(/C=N\NC(=O)COc2ccccc2F)cc1[N+](=O)[O-]. The molecule has 25 heavy (non-hydrogen) atoms. The first-order valence-electron chi connectivity index (χ1n) is 7.16. The highest BCUT2D eigenvalue weighted by molar-refractivity contribution is 5.85. The van der Waals surface area contributed by atoms with Crippen LogP contribution < -0.4 is 15.5 Å². The second kappa shape index (κ2) is 8.39. The number of benzene rings is 2. The summed E-state index contributed by atoms with van der Waals surface area (Å²) in [7, 11) is 1.58. The third kappa shape index (κ3) is 4.99. The van der Waals surface area contributed by atoms with Crippen LogP contribution in [0.1, 0.15) is 5.56 Å². The van der Waals surface area contributed by atoms with E-state index in [0.29, 0.717) is 11.3 Å². The third-order valence-corrected chi connectivity index (χ3v) is 3.09. The molecule has 0 saturated carbocycles. The quantitative estimate of drug-likeness (QED) is 0.455. The molecule has 0 spiro atoms. The Morgan fingerprint density at radius 3 is 2.80 bits per heavy atom. The van der Waals surface area contributed by atoms with Gasteiger partial charge in [0.1, 0.15) is 5.69 Å². The summed E-state index contributed by atoms with van der Waals surface area (Å²) in [5.41, 5.74) is 2.88. The average Bonchev–Trinajstić information content (AvgIpc) is 2.61. The van der Waals surface area contributed by atoms with Gasteiger partial charge in [-0.25, -0.2) is 9.82 Å². The molecular formula is C16H15FN4O4. The normalized spacial score (nSPS) is 10.5. The second-order valence-electron chi connectivity index (χ2n) is 4.80. The molecule has 0 atom stereocenters. The molecule has 2 rings (SSSR count). The van der Waals surface area contributed by atoms with Gasteiger partial charge < -0.3 is 10.1 Å². The first-order valence-corrected chi connectivity index (χ1v) is 7.16. The highest BCUT2D eigenvalue weighted by atomic mass is 19.1. The van der Waals surface area contributed by atoms with E-state index in [4.69, 9.17) is 4.74 Å². The lowest BCUT2D eigenvalue weighted by Gasteiger charge is -2.05. The number of hydrogen-bond acceptors (Lipinski definition) is 6. The second-order valence-corrected chi connectivity index (χ2v) is 4.80. The van der Waals surface area contributed by atoms with Crippen molar-refractivity contribution < 1.29 is 18.8 Å². The molecule has 2 aromatic carbocycles. The van der Waals surface area contributed by atoms with E-state index in [0.717, 1.165) is 0 Å². The minimum absolute atomic E-state index is 0.0418. The minimum atomic E-state index is -0.596. The Morgan fingerprint density at radius 1 is 1.36 bits per heavy atom. The van der Waals surface area contributed by atoms with Crippen molar-refractivity contribution >= 4 is 23.5 Å². The summed E-state index contributed by atoms with van der Waals surface area (Å²) in [5, 5.41) is 17.4. The van der Waals surface area contributed by atoms with Crippen LogP contribution in [0.3, 0.4) is 0 Å². The fourth-order valence-corrected chi connectivity index (χ4v) is 1.91. The Balaban J connectivity index is 1.92. The summed E-state index contributed by atoms with van der Waals surface area (Å²) in [4.78, 5) is 22.0. The van der Waals surface area contributed by atoms with Gasteiger partial charge in [-0.2, -0.15) is 5.10 Å². The van der Waals surface area contributed by atoms with Crippen LogP contribution >= 0.6 is 0 Å². The molecule has 0 saturated heterocycles. The topological polar surface area (TPSA) is 106 Å². The lowest BCUT2D eigenvalue weighted by molar-refractivity contribution is -0.383. The van der Waals surface area contributed by atoms with Crippen molar-refractivity contribution in [3.05, 3.63) is 64.0 Å². The molecule has 1 amide bonds. The number of carbonyl (C=O) groups is 1. The molecule has 2 aromatic rings. The number of nitrogens with one attached hydrogen (secondary N) is 2. The summed E-state index contributed by atoms with van der Waals surface area (Å²) in [6.45, 7) is -0.420. The van der Waals surface area contributed by atoms with E-state index in [9.17, 15) is 19.3 Å². The van der Waals surface area contributed by atoms with E-state index < -0.39 is 23.3 Å². The number of hydrogen-bond donors (Lipinski definition) is 2. The van der Waals surface area contributed by atoms with E-state index in [2.05, 4.69) is 15.8 Å². The molecule has 0 aliphatic heterocycles. The van der Waals surface area contributed by atoms with Crippen LogP contribution in [0, 0.1) is 15.9 Å². The maximum absolute atomic E-state index is 13.3. The summed E-state index contributed by atoms with van der Waals surface area (Å²) in [6.07, 6.45) is 1.26. The molecule has 0 radical (unpaired) electrons. The van der Waals surface area contributed by atoms with Crippen molar-refractivity contribution in [2.45, 2.75) is 0 Å². The van der Waals surface area contributed by atoms with E-state index in [1.807, 2.05) is 0 Å². The molecule has 9 heteroatoms. The monoisotopic (exact) mass is 346 g/mol. The van der Waals surface area contributed by atoms with E-state index in [1.54, 1.807) is 19.2 Å². The van der Waals surface area contributed by atoms with Crippen molar-refractivity contribution in [2.24, 2.45) is 5.10 Å².